The third-order valence-corrected chi connectivity index (χ3v) is 6.99. The van der Waals surface area contributed by atoms with Crippen molar-refractivity contribution in [3.8, 4) is 16.3 Å². The van der Waals surface area contributed by atoms with Gasteiger partial charge in [-0.1, -0.05) is 41.7 Å². The van der Waals surface area contributed by atoms with Crippen LogP contribution in [0.25, 0.3) is 10.6 Å². The first-order valence-electron chi connectivity index (χ1n) is 12.7. The van der Waals surface area contributed by atoms with Gasteiger partial charge in [-0.2, -0.15) is 13.2 Å². The SMILES string of the molecule is CC(C(=O)Nc1cc(C(=O)Nc2nnc(-c3ccccc3)s2)ccc1OC(F)(F)F)N1CCN(C)CC1.O=C(O)C(F)(F)F. The number of aliphatic carboxylic acids is 1. The minimum atomic E-state index is -5.08. The van der Waals surface area contributed by atoms with Crippen molar-refractivity contribution in [2.45, 2.75) is 25.5 Å². The zero-order valence-corrected chi connectivity index (χ0v) is 23.9. The van der Waals surface area contributed by atoms with Crippen LogP contribution in [0.2, 0.25) is 0 Å². The molecule has 0 saturated carbocycles. The molecule has 11 nitrogen and oxygen atoms in total. The molecule has 1 unspecified atom stereocenters. The normalized spacial score (nSPS) is 15.0. The molecule has 0 spiro atoms. The number of anilines is 2. The Morgan fingerprint density at radius 2 is 1.57 bits per heavy atom. The molecule has 1 atom stereocenters. The molecular formula is C26H26F6N6O5S. The van der Waals surface area contributed by atoms with E-state index in [1.54, 1.807) is 6.92 Å². The highest BCUT2D eigenvalue weighted by atomic mass is 32.1. The van der Waals surface area contributed by atoms with Gasteiger partial charge < -0.3 is 20.1 Å². The van der Waals surface area contributed by atoms with Gasteiger partial charge in [0.15, 0.2) is 5.75 Å². The first-order valence-corrected chi connectivity index (χ1v) is 13.5. The van der Waals surface area contributed by atoms with E-state index in [0.29, 0.717) is 18.1 Å². The molecule has 1 fully saturated rings. The summed E-state index contributed by atoms with van der Waals surface area (Å²) in [5.41, 5.74) is 0.570. The summed E-state index contributed by atoms with van der Waals surface area (Å²) in [5.74, 6) is -4.51. The van der Waals surface area contributed by atoms with Gasteiger partial charge in [0.2, 0.25) is 11.0 Å². The number of ether oxygens (including phenoxy) is 1. The van der Waals surface area contributed by atoms with Gasteiger partial charge in [-0.3, -0.25) is 19.8 Å². The molecule has 2 amide bonds. The molecule has 0 aliphatic carbocycles. The second-order valence-electron chi connectivity index (χ2n) is 9.30. The van der Waals surface area contributed by atoms with Crippen LogP contribution in [0.5, 0.6) is 5.75 Å². The van der Waals surface area contributed by atoms with E-state index in [-0.39, 0.29) is 16.4 Å². The molecule has 1 saturated heterocycles. The van der Waals surface area contributed by atoms with E-state index in [1.807, 2.05) is 42.3 Å². The second-order valence-corrected chi connectivity index (χ2v) is 10.3. The summed E-state index contributed by atoms with van der Waals surface area (Å²) in [6.45, 7) is 4.51. The Morgan fingerprint density at radius 3 is 2.14 bits per heavy atom. The Labute approximate surface area is 250 Å². The Kier molecular flexibility index (Phi) is 11.2. The van der Waals surface area contributed by atoms with Crippen molar-refractivity contribution in [2.75, 3.05) is 43.9 Å². The van der Waals surface area contributed by atoms with Gasteiger partial charge in [0.1, 0.15) is 5.01 Å². The second kappa shape index (κ2) is 14.5. The van der Waals surface area contributed by atoms with Gasteiger partial charge in [-0.25, -0.2) is 4.79 Å². The van der Waals surface area contributed by atoms with E-state index in [9.17, 15) is 35.9 Å². The number of carboxylic acid groups (broad SMARTS) is 1. The number of carbonyl (C=O) groups excluding carboxylic acids is 2. The van der Waals surface area contributed by atoms with Gasteiger partial charge in [-0.05, 0) is 32.2 Å². The van der Waals surface area contributed by atoms with Crippen LogP contribution in [0.4, 0.5) is 37.2 Å². The fourth-order valence-corrected chi connectivity index (χ4v) is 4.48. The predicted octanol–water partition coefficient (Wildman–Crippen LogP) is 4.56. The van der Waals surface area contributed by atoms with E-state index in [4.69, 9.17) is 9.90 Å². The monoisotopic (exact) mass is 648 g/mol. The molecule has 2 aromatic carbocycles. The number of carboxylic acids is 1. The lowest BCUT2D eigenvalue weighted by atomic mass is 10.1. The van der Waals surface area contributed by atoms with E-state index in [2.05, 4.69) is 30.5 Å². The van der Waals surface area contributed by atoms with Crippen LogP contribution in [0.1, 0.15) is 17.3 Å². The highest BCUT2D eigenvalue weighted by Gasteiger charge is 2.38. The number of likely N-dealkylation sites (N-methyl/N-ethyl adjacent to an activating group) is 1. The lowest BCUT2D eigenvalue weighted by molar-refractivity contribution is -0.274. The number of hydrogen-bond donors (Lipinski definition) is 3. The Bertz CT molecular complexity index is 1450. The van der Waals surface area contributed by atoms with Crippen molar-refractivity contribution in [1.82, 2.24) is 20.0 Å². The standard InChI is InChI=1S/C24H25F3N6O3S.C2HF3O2/c1-15(33-12-10-32(2)11-13-33)20(34)28-18-14-17(8-9-19(18)36-24(25,26)27)21(35)29-23-31-30-22(37-23)16-6-4-3-5-7-16;3-2(4,5)1(6)7/h3-9,14-15H,10-13H2,1-2H3,(H,28,34)(H,29,31,35);(H,6,7). The fourth-order valence-electron chi connectivity index (χ4n) is 3.74. The molecule has 1 aliphatic rings. The molecule has 18 heteroatoms. The molecule has 3 aromatic rings. The van der Waals surface area contributed by atoms with Gasteiger partial charge in [0.25, 0.3) is 5.91 Å². The van der Waals surface area contributed by atoms with Crippen LogP contribution in [-0.2, 0) is 9.59 Å². The van der Waals surface area contributed by atoms with Gasteiger partial charge in [-0.15, -0.1) is 23.4 Å². The van der Waals surface area contributed by atoms with Crippen molar-refractivity contribution < 1.29 is 50.6 Å². The summed E-state index contributed by atoms with van der Waals surface area (Å²) >= 11 is 1.15. The molecular weight excluding hydrogens is 622 g/mol. The van der Waals surface area contributed by atoms with E-state index < -0.39 is 42.1 Å². The first-order chi connectivity index (χ1) is 20.5. The van der Waals surface area contributed by atoms with Crippen molar-refractivity contribution >= 4 is 39.9 Å². The average Bonchev–Trinajstić information content (AvgIpc) is 3.42. The molecule has 1 aromatic heterocycles. The lowest BCUT2D eigenvalue weighted by Gasteiger charge is -2.35. The van der Waals surface area contributed by atoms with E-state index >= 15 is 0 Å². The van der Waals surface area contributed by atoms with E-state index in [0.717, 1.165) is 42.1 Å². The molecule has 44 heavy (non-hydrogen) atoms. The van der Waals surface area contributed by atoms with Crippen molar-refractivity contribution in [3.63, 3.8) is 0 Å². The molecule has 0 bridgehead atoms. The minimum Gasteiger partial charge on any atom is -0.475 e. The third kappa shape index (κ3) is 10.2. The summed E-state index contributed by atoms with van der Waals surface area (Å²) in [5, 5.41) is 21.0. The highest BCUT2D eigenvalue weighted by Crippen LogP contribution is 2.32. The maximum atomic E-state index is 13.0. The van der Waals surface area contributed by atoms with Crippen LogP contribution >= 0.6 is 11.3 Å². The summed E-state index contributed by atoms with van der Waals surface area (Å²) in [7, 11) is 1.98. The number of nitrogens with one attached hydrogen (secondary N) is 2. The Morgan fingerprint density at radius 1 is 0.955 bits per heavy atom. The van der Waals surface area contributed by atoms with Crippen LogP contribution in [0.15, 0.2) is 48.5 Å². The summed E-state index contributed by atoms with van der Waals surface area (Å²) in [4.78, 5) is 38.7. The van der Waals surface area contributed by atoms with E-state index in [1.165, 1.54) is 6.07 Å². The smallest absolute Gasteiger partial charge is 0.475 e. The number of aromatic nitrogens is 2. The van der Waals surface area contributed by atoms with Crippen molar-refractivity contribution in [1.29, 1.82) is 0 Å². The molecule has 0 radical (unpaired) electrons. The maximum absolute atomic E-state index is 13.0. The topological polar surface area (TPSA) is 137 Å². The number of nitrogens with zero attached hydrogens (tertiary/aromatic N) is 4. The molecule has 1 aliphatic heterocycles. The zero-order valence-electron chi connectivity index (χ0n) is 23.1. The number of amides is 2. The maximum Gasteiger partial charge on any atom is 0.573 e. The van der Waals surface area contributed by atoms with Crippen LogP contribution in [0.3, 0.4) is 0 Å². The summed E-state index contributed by atoms with van der Waals surface area (Å²) < 4.78 is 74.8. The van der Waals surface area contributed by atoms with Crippen molar-refractivity contribution in [2.24, 2.45) is 0 Å². The molecule has 3 N–H and O–H groups in total. The number of carbonyl (C=O) groups is 3. The zero-order chi connectivity index (χ0) is 32.7. The van der Waals surface area contributed by atoms with Gasteiger partial charge >= 0.3 is 18.5 Å². The average molecular weight is 649 g/mol. The largest absolute Gasteiger partial charge is 0.573 e. The number of hydrogen-bond acceptors (Lipinski definition) is 9. The fraction of sp³-hybridized carbons (Fsp3) is 0.346. The number of halogens is 6. The quantitative estimate of drug-likeness (QED) is 0.315. The Hall–Kier alpha value is -4.29. The van der Waals surface area contributed by atoms with Crippen LogP contribution < -0.4 is 15.4 Å². The number of piperazine rings is 1. The number of rotatable bonds is 7. The molecule has 238 valence electrons. The van der Waals surface area contributed by atoms with Crippen LogP contribution in [-0.4, -0.2) is 94.7 Å². The highest BCUT2D eigenvalue weighted by molar-refractivity contribution is 7.18. The summed E-state index contributed by atoms with van der Waals surface area (Å²) in [6.07, 6.45) is -10.1. The first kappa shape index (κ1) is 34.2. The third-order valence-electron chi connectivity index (χ3n) is 6.10. The lowest BCUT2D eigenvalue weighted by Crippen LogP contribution is -2.51. The van der Waals surface area contributed by atoms with Gasteiger partial charge in [0, 0.05) is 37.3 Å². The predicted molar refractivity (Wildman–Crippen MR) is 147 cm³/mol. The number of alkyl halides is 6. The Balaban J connectivity index is 0.000000676. The minimum absolute atomic E-state index is 0.00790. The molecule has 2 heterocycles. The van der Waals surface area contributed by atoms with Gasteiger partial charge in [0.05, 0.1) is 11.7 Å². The summed E-state index contributed by atoms with van der Waals surface area (Å²) in [6, 6.07) is 12.0. The van der Waals surface area contributed by atoms with Crippen LogP contribution in [0, 0.1) is 0 Å². The van der Waals surface area contributed by atoms with Crippen molar-refractivity contribution in [3.05, 3.63) is 54.1 Å². The molecule has 4 rings (SSSR count). The number of benzene rings is 2.